The third-order valence-corrected chi connectivity index (χ3v) is 2.65. The van der Waals surface area contributed by atoms with Crippen molar-refractivity contribution in [1.29, 1.82) is 0 Å². The van der Waals surface area contributed by atoms with Crippen LogP contribution in [0, 0.1) is 0 Å². The van der Waals surface area contributed by atoms with Gasteiger partial charge in [-0.1, -0.05) is 30.3 Å². The molecule has 0 N–H and O–H groups in total. The zero-order valence-electron chi connectivity index (χ0n) is 11.0. The molecule has 0 saturated carbocycles. The van der Waals surface area contributed by atoms with Crippen LogP contribution in [0.2, 0.25) is 0 Å². The lowest BCUT2D eigenvalue weighted by Crippen LogP contribution is -2.08. The van der Waals surface area contributed by atoms with Gasteiger partial charge in [-0.25, -0.2) is 9.78 Å². The molecule has 0 radical (unpaired) electrons. The van der Waals surface area contributed by atoms with Crippen molar-refractivity contribution in [2.45, 2.75) is 13.5 Å². The molecule has 5 heteroatoms. The molecule has 0 aliphatic heterocycles. The molecular weight excluding hydrogens is 244 g/mol. The summed E-state index contributed by atoms with van der Waals surface area (Å²) in [6, 6.07) is 9.89. The molecule has 1 heterocycles. The highest BCUT2D eigenvalue weighted by Gasteiger charge is 2.19. The lowest BCUT2D eigenvalue weighted by molar-refractivity contribution is 0.0515. The number of ether oxygens (including phenoxy) is 2. The Bertz CT molecular complexity index is 549. The van der Waals surface area contributed by atoms with Crippen molar-refractivity contribution in [2.24, 2.45) is 0 Å². The molecule has 0 unspecified atom stereocenters. The fourth-order valence-electron chi connectivity index (χ4n) is 1.82. The summed E-state index contributed by atoms with van der Waals surface area (Å²) >= 11 is 0. The fourth-order valence-corrected chi connectivity index (χ4v) is 1.82. The second-order valence-electron chi connectivity index (χ2n) is 3.94. The van der Waals surface area contributed by atoms with Gasteiger partial charge in [0, 0.05) is 0 Å². The van der Waals surface area contributed by atoms with Crippen molar-refractivity contribution in [2.75, 3.05) is 13.7 Å². The van der Waals surface area contributed by atoms with Crippen LogP contribution in [0.4, 0.5) is 0 Å². The van der Waals surface area contributed by atoms with E-state index in [-0.39, 0.29) is 5.69 Å². The van der Waals surface area contributed by atoms with E-state index in [2.05, 4.69) is 4.98 Å². The van der Waals surface area contributed by atoms with Gasteiger partial charge in [-0.15, -0.1) is 0 Å². The summed E-state index contributed by atoms with van der Waals surface area (Å²) in [5, 5.41) is 0. The molecular formula is C14H16N2O3. The van der Waals surface area contributed by atoms with Crippen molar-refractivity contribution in [3.05, 3.63) is 47.9 Å². The number of hydrogen-bond donors (Lipinski definition) is 0. The summed E-state index contributed by atoms with van der Waals surface area (Å²) in [6.07, 6.45) is 1.58. The molecule has 1 aromatic heterocycles. The number of rotatable bonds is 5. The van der Waals surface area contributed by atoms with E-state index in [9.17, 15) is 4.79 Å². The molecule has 0 spiro atoms. The van der Waals surface area contributed by atoms with Gasteiger partial charge in [0.05, 0.1) is 26.6 Å². The third kappa shape index (κ3) is 2.93. The Balaban J connectivity index is 2.25. The van der Waals surface area contributed by atoms with Crippen LogP contribution < -0.4 is 4.74 Å². The van der Waals surface area contributed by atoms with E-state index < -0.39 is 5.97 Å². The summed E-state index contributed by atoms with van der Waals surface area (Å²) < 4.78 is 12.0. The van der Waals surface area contributed by atoms with Gasteiger partial charge >= 0.3 is 5.97 Å². The molecule has 1 aromatic carbocycles. The number of methoxy groups -OCH3 is 1. The van der Waals surface area contributed by atoms with E-state index in [0.29, 0.717) is 19.0 Å². The summed E-state index contributed by atoms with van der Waals surface area (Å²) in [6.45, 7) is 2.66. The quantitative estimate of drug-likeness (QED) is 0.773. The summed E-state index contributed by atoms with van der Waals surface area (Å²) in [7, 11) is 1.52. The Morgan fingerprint density at radius 1 is 1.32 bits per heavy atom. The third-order valence-electron chi connectivity index (χ3n) is 2.65. The minimum atomic E-state index is -0.467. The Morgan fingerprint density at radius 2 is 2.05 bits per heavy atom. The molecule has 0 fully saturated rings. The smallest absolute Gasteiger partial charge is 0.362 e. The number of imidazole rings is 1. The number of carbonyl (C=O) groups excluding carboxylic acids is 1. The highest BCUT2D eigenvalue weighted by atomic mass is 16.5. The zero-order chi connectivity index (χ0) is 13.7. The molecule has 19 heavy (non-hydrogen) atoms. The minimum Gasteiger partial charge on any atom is -0.480 e. The van der Waals surface area contributed by atoms with Crippen LogP contribution in [0.5, 0.6) is 5.88 Å². The number of carbonyl (C=O) groups is 1. The molecule has 0 atom stereocenters. The van der Waals surface area contributed by atoms with Gasteiger partial charge in [0.2, 0.25) is 11.6 Å². The first kappa shape index (κ1) is 13.1. The van der Waals surface area contributed by atoms with E-state index in [1.54, 1.807) is 17.8 Å². The van der Waals surface area contributed by atoms with E-state index >= 15 is 0 Å². The van der Waals surface area contributed by atoms with Crippen molar-refractivity contribution in [1.82, 2.24) is 9.55 Å². The van der Waals surface area contributed by atoms with Crippen LogP contribution >= 0.6 is 0 Å². The average molecular weight is 260 g/mol. The molecule has 0 amide bonds. The lowest BCUT2D eigenvalue weighted by atomic mass is 10.2. The van der Waals surface area contributed by atoms with E-state index in [4.69, 9.17) is 9.47 Å². The van der Waals surface area contributed by atoms with Crippen molar-refractivity contribution in [3.63, 3.8) is 0 Å². The molecule has 2 rings (SSSR count). The molecule has 0 saturated heterocycles. The number of esters is 1. The van der Waals surface area contributed by atoms with Crippen molar-refractivity contribution >= 4 is 5.97 Å². The van der Waals surface area contributed by atoms with Gasteiger partial charge in [-0.3, -0.25) is 4.57 Å². The van der Waals surface area contributed by atoms with Crippen LogP contribution in [0.25, 0.3) is 0 Å². The van der Waals surface area contributed by atoms with Gasteiger partial charge in [0.1, 0.15) is 0 Å². The topological polar surface area (TPSA) is 53.3 Å². The van der Waals surface area contributed by atoms with Gasteiger partial charge in [-0.2, -0.15) is 0 Å². The first-order chi connectivity index (χ1) is 9.26. The Kier molecular flexibility index (Phi) is 4.18. The molecule has 0 bridgehead atoms. The SMILES string of the molecule is CCOC(=O)c1ncn(Cc2ccccc2)c1OC. The van der Waals surface area contributed by atoms with E-state index in [1.165, 1.54) is 7.11 Å². The number of aromatic nitrogens is 2. The van der Waals surface area contributed by atoms with Crippen LogP contribution in [-0.2, 0) is 11.3 Å². The minimum absolute atomic E-state index is 0.209. The maximum Gasteiger partial charge on any atom is 0.362 e. The zero-order valence-corrected chi connectivity index (χ0v) is 11.0. The highest BCUT2D eigenvalue weighted by Crippen LogP contribution is 2.19. The summed E-state index contributed by atoms with van der Waals surface area (Å²) in [5.41, 5.74) is 1.31. The monoisotopic (exact) mass is 260 g/mol. The first-order valence-corrected chi connectivity index (χ1v) is 6.06. The Labute approximate surface area is 111 Å². The highest BCUT2D eigenvalue weighted by molar-refractivity contribution is 5.89. The average Bonchev–Trinajstić information content (AvgIpc) is 2.83. The molecule has 0 aliphatic rings. The van der Waals surface area contributed by atoms with Crippen LogP contribution in [0.15, 0.2) is 36.7 Å². The standard InChI is InChI=1S/C14H16N2O3/c1-3-19-14(17)12-13(18-2)16(10-15-12)9-11-7-5-4-6-8-11/h4-8,10H,3,9H2,1-2H3. The fraction of sp³-hybridized carbons (Fsp3) is 0.286. The maximum atomic E-state index is 11.7. The summed E-state index contributed by atoms with van der Waals surface area (Å²) in [4.78, 5) is 15.8. The van der Waals surface area contributed by atoms with Gasteiger partial charge < -0.3 is 9.47 Å². The number of hydrogen-bond acceptors (Lipinski definition) is 4. The Morgan fingerprint density at radius 3 is 2.68 bits per heavy atom. The van der Waals surface area contributed by atoms with E-state index in [1.807, 2.05) is 30.3 Å². The molecule has 5 nitrogen and oxygen atoms in total. The Hall–Kier alpha value is -2.30. The number of nitrogens with zero attached hydrogens (tertiary/aromatic N) is 2. The second kappa shape index (κ2) is 6.04. The first-order valence-electron chi connectivity index (χ1n) is 6.06. The predicted molar refractivity (Wildman–Crippen MR) is 70.3 cm³/mol. The van der Waals surface area contributed by atoms with Crippen molar-refractivity contribution in [3.8, 4) is 5.88 Å². The van der Waals surface area contributed by atoms with Crippen LogP contribution in [-0.4, -0.2) is 29.2 Å². The molecule has 0 aliphatic carbocycles. The lowest BCUT2D eigenvalue weighted by Gasteiger charge is -2.08. The normalized spacial score (nSPS) is 10.2. The second-order valence-corrected chi connectivity index (χ2v) is 3.94. The largest absolute Gasteiger partial charge is 0.480 e. The van der Waals surface area contributed by atoms with Crippen molar-refractivity contribution < 1.29 is 14.3 Å². The van der Waals surface area contributed by atoms with Gasteiger partial charge in [0.25, 0.3) is 0 Å². The van der Waals surface area contributed by atoms with E-state index in [0.717, 1.165) is 5.56 Å². The van der Waals surface area contributed by atoms with Gasteiger partial charge in [0.15, 0.2) is 0 Å². The summed E-state index contributed by atoms with van der Waals surface area (Å²) in [5.74, 6) is -0.0477. The number of benzene rings is 1. The predicted octanol–water partition coefficient (Wildman–Crippen LogP) is 2.12. The maximum absolute atomic E-state index is 11.7. The molecule has 2 aromatic rings. The van der Waals surface area contributed by atoms with Crippen LogP contribution in [0.3, 0.4) is 0 Å². The van der Waals surface area contributed by atoms with Crippen LogP contribution in [0.1, 0.15) is 23.0 Å². The van der Waals surface area contributed by atoms with Gasteiger partial charge in [-0.05, 0) is 12.5 Å². The molecule has 100 valence electrons.